The van der Waals surface area contributed by atoms with Crippen LogP contribution < -0.4 is 10.6 Å². The summed E-state index contributed by atoms with van der Waals surface area (Å²) in [6, 6.07) is 0. The number of nitrogens with zero attached hydrogens (tertiary/aromatic N) is 1. The fourth-order valence-electron chi connectivity index (χ4n) is 2.33. The lowest BCUT2D eigenvalue weighted by Gasteiger charge is -2.34. The number of hydrogen-bond acceptors (Lipinski definition) is 3. The van der Waals surface area contributed by atoms with E-state index in [0.29, 0.717) is 12.1 Å². The summed E-state index contributed by atoms with van der Waals surface area (Å²) < 4.78 is 5.29. The van der Waals surface area contributed by atoms with Gasteiger partial charge in [-0.15, -0.1) is 0 Å². The van der Waals surface area contributed by atoms with Gasteiger partial charge in [-0.2, -0.15) is 0 Å². The molecule has 0 radical (unpaired) electrons. The van der Waals surface area contributed by atoms with Gasteiger partial charge in [0.15, 0.2) is 5.96 Å². The first-order valence-corrected chi connectivity index (χ1v) is 5.29. The Morgan fingerprint density at radius 1 is 1.47 bits per heavy atom. The van der Waals surface area contributed by atoms with Crippen LogP contribution in [0.3, 0.4) is 0 Å². The predicted molar refractivity (Wildman–Crippen MR) is 56.6 cm³/mol. The van der Waals surface area contributed by atoms with E-state index in [2.05, 4.69) is 15.6 Å². The smallest absolute Gasteiger partial charge is 0.252 e. The normalized spacial score (nSPS) is 38.1. The summed E-state index contributed by atoms with van der Waals surface area (Å²) in [5, 5.41) is 5.94. The molecular weight excluding hydrogens is 194 g/mol. The van der Waals surface area contributed by atoms with Crippen LogP contribution >= 0.6 is 0 Å². The van der Waals surface area contributed by atoms with Crippen LogP contribution in [0, 0.1) is 0 Å². The predicted octanol–water partition coefficient (Wildman–Crippen LogP) is 0.0194. The number of aliphatic imine (C=N–C) groups is 1. The van der Waals surface area contributed by atoms with Gasteiger partial charge in [0.05, 0.1) is 6.10 Å². The Morgan fingerprint density at radius 3 is 2.60 bits per heavy atom. The molecule has 15 heavy (non-hydrogen) atoms. The summed E-state index contributed by atoms with van der Waals surface area (Å²) in [7, 11) is 3.39. The Labute approximate surface area is 89.3 Å². The SMILES string of the molecule is CN=C1NC(=O)C2(CCC(OC)CC2)N1. The molecule has 84 valence electrons. The van der Waals surface area contributed by atoms with Crippen LogP contribution in [-0.4, -0.2) is 37.7 Å². The first-order valence-electron chi connectivity index (χ1n) is 5.29. The van der Waals surface area contributed by atoms with Crippen molar-refractivity contribution < 1.29 is 9.53 Å². The molecule has 5 nitrogen and oxygen atoms in total. The van der Waals surface area contributed by atoms with E-state index < -0.39 is 5.54 Å². The van der Waals surface area contributed by atoms with E-state index in [1.165, 1.54) is 0 Å². The second-order valence-electron chi connectivity index (χ2n) is 4.17. The summed E-state index contributed by atoms with van der Waals surface area (Å²) in [6.45, 7) is 0. The fraction of sp³-hybridized carbons (Fsp3) is 0.800. The summed E-state index contributed by atoms with van der Waals surface area (Å²) in [6.07, 6.45) is 3.78. The molecule has 0 aromatic carbocycles. The lowest BCUT2D eigenvalue weighted by atomic mass is 9.80. The molecule has 1 spiro atoms. The zero-order chi connectivity index (χ0) is 10.9. The molecule has 5 heteroatoms. The number of guanidine groups is 1. The Hall–Kier alpha value is -1.10. The van der Waals surface area contributed by atoms with Gasteiger partial charge >= 0.3 is 0 Å². The minimum atomic E-state index is -0.427. The number of ether oxygens (including phenoxy) is 1. The number of nitrogens with one attached hydrogen (secondary N) is 2. The molecule has 0 bridgehead atoms. The highest BCUT2D eigenvalue weighted by Gasteiger charge is 2.47. The molecule has 0 aromatic rings. The Morgan fingerprint density at radius 2 is 2.13 bits per heavy atom. The van der Waals surface area contributed by atoms with Crippen molar-refractivity contribution in [3.8, 4) is 0 Å². The molecule has 0 aromatic heterocycles. The van der Waals surface area contributed by atoms with Gasteiger partial charge in [-0.3, -0.25) is 15.1 Å². The first-order chi connectivity index (χ1) is 7.20. The van der Waals surface area contributed by atoms with E-state index in [9.17, 15) is 4.79 Å². The minimum Gasteiger partial charge on any atom is -0.381 e. The van der Waals surface area contributed by atoms with Crippen LogP contribution in [0.25, 0.3) is 0 Å². The zero-order valence-corrected chi connectivity index (χ0v) is 9.17. The van der Waals surface area contributed by atoms with Crippen molar-refractivity contribution >= 4 is 11.9 Å². The van der Waals surface area contributed by atoms with Gasteiger partial charge in [0.25, 0.3) is 5.91 Å². The summed E-state index contributed by atoms with van der Waals surface area (Å²) in [4.78, 5) is 15.8. The van der Waals surface area contributed by atoms with Gasteiger partial charge in [0, 0.05) is 14.2 Å². The van der Waals surface area contributed by atoms with E-state index >= 15 is 0 Å². The number of carbonyl (C=O) groups excluding carboxylic acids is 1. The highest BCUT2D eigenvalue weighted by Crippen LogP contribution is 2.31. The van der Waals surface area contributed by atoms with Gasteiger partial charge in [-0.1, -0.05) is 0 Å². The van der Waals surface area contributed by atoms with Crippen molar-refractivity contribution in [1.82, 2.24) is 10.6 Å². The van der Waals surface area contributed by atoms with Crippen LogP contribution in [0.2, 0.25) is 0 Å². The minimum absolute atomic E-state index is 0.0534. The van der Waals surface area contributed by atoms with Crippen molar-refractivity contribution in [2.45, 2.75) is 37.3 Å². The van der Waals surface area contributed by atoms with Crippen molar-refractivity contribution in [1.29, 1.82) is 0 Å². The van der Waals surface area contributed by atoms with E-state index in [0.717, 1.165) is 25.7 Å². The van der Waals surface area contributed by atoms with Crippen LogP contribution in [0.4, 0.5) is 0 Å². The van der Waals surface area contributed by atoms with Crippen LogP contribution in [0.5, 0.6) is 0 Å². The molecule has 0 atom stereocenters. The molecule has 2 aliphatic rings. The third kappa shape index (κ3) is 1.71. The number of rotatable bonds is 1. The van der Waals surface area contributed by atoms with Gasteiger partial charge in [-0.05, 0) is 25.7 Å². The van der Waals surface area contributed by atoms with Gasteiger partial charge in [0.2, 0.25) is 0 Å². The van der Waals surface area contributed by atoms with Gasteiger partial charge in [0.1, 0.15) is 5.54 Å². The van der Waals surface area contributed by atoms with Crippen molar-refractivity contribution in [3.05, 3.63) is 0 Å². The van der Waals surface area contributed by atoms with Crippen molar-refractivity contribution in [2.24, 2.45) is 4.99 Å². The van der Waals surface area contributed by atoms with Gasteiger partial charge in [-0.25, -0.2) is 0 Å². The zero-order valence-electron chi connectivity index (χ0n) is 9.17. The first kappa shape index (κ1) is 10.4. The monoisotopic (exact) mass is 211 g/mol. The number of methoxy groups -OCH3 is 1. The standard InChI is InChI=1S/C10H17N3O2/c1-11-9-12-8(14)10(13-9)5-3-7(15-2)4-6-10/h7H,3-6H2,1-2H3,(H2,11,12,13,14). The average molecular weight is 211 g/mol. The molecule has 1 saturated carbocycles. The maximum absolute atomic E-state index is 11.8. The third-order valence-corrected chi connectivity index (χ3v) is 3.37. The third-order valence-electron chi connectivity index (χ3n) is 3.37. The molecule has 1 heterocycles. The quantitative estimate of drug-likeness (QED) is 0.642. The van der Waals surface area contributed by atoms with Crippen LogP contribution in [-0.2, 0) is 9.53 Å². The van der Waals surface area contributed by atoms with Crippen LogP contribution in [0.1, 0.15) is 25.7 Å². The summed E-state index contributed by atoms with van der Waals surface area (Å²) in [5.41, 5.74) is -0.427. The molecule has 1 saturated heterocycles. The molecule has 0 unspecified atom stereocenters. The second kappa shape index (κ2) is 3.81. The Kier molecular flexibility index (Phi) is 2.65. The second-order valence-corrected chi connectivity index (χ2v) is 4.17. The molecule has 2 fully saturated rings. The molecule has 2 N–H and O–H groups in total. The van der Waals surface area contributed by atoms with E-state index in [1.54, 1.807) is 14.2 Å². The number of carbonyl (C=O) groups is 1. The average Bonchev–Trinajstić information content (AvgIpc) is 2.57. The summed E-state index contributed by atoms with van der Waals surface area (Å²) >= 11 is 0. The highest BCUT2D eigenvalue weighted by molar-refractivity contribution is 6.09. The van der Waals surface area contributed by atoms with E-state index in [-0.39, 0.29) is 5.91 Å². The Bertz CT molecular complexity index is 293. The number of hydrogen-bond donors (Lipinski definition) is 2. The van der Waals surface area contributed by atoms with Crippen molar-refractivity contribution in [3.63, 3.8) is 0 Å². The molecular formula is C10H17N3O2. The molecule has 1 amide bonds. The van der Waals surface area contributed by atoms with Crippen molar-refractivity contribution in [2.75, 3.05) is 14.2 Å². The number of amides is 1. The maximum atomic E-state index is 11.8. The van der Waals surface area contributed by atoms with Crippen LogP contribution in [0.15, 0.2) is 4.99 Å². The largest absolute Gasteiger partial charge is 0.381 e. The van der Waals surface area contributed by atoms with E-state index in [1.807, 2.05) is 0 Å². The topological polar surface area (TPSA) is 62.7 Å². The fourth-order valence-corrected chi connectivity index (χ4v) is 2.33. The summed E-state index contributed by atoms with van der Waals surface area (Å²) in [5.74, 6) is 0.647. The maximum Gasteiger partial charge on any atom is 0.252 e. The highest BCUT2D eigenvalue weighted by atomic mass is 16.5. The molecule has 1 aliphatic carbocycles. The lowest BCUT2D eigenvalue weighted by molar-refractivity contribution is -0.126. The van der Waals surface area contributed by atoms with Gasteiger partial charge < -0.3 is 10.1 Å². The Balaban J connectivity index is 2.07. The molecule has 2 rings (SSSR count). The molecule has 1 aliphatic heterocycles. The van der Waals surface area contributed by atoms with E-state index in [4.69, 9.17) is 4.74 Å². The lowest BCUT2D eigenvalue weighted by Crippen LogP contribution is -2.50.